The van der Waals surface area contributed by atoms with Gasteiger partial charge < -0.3 is 20.1 Å². The van der Waals surface area contributed by atoms with E-state index in [0.29, 0.717) is 0 Å². The van der Waals surface area contributed by atoms with Crippen molar-refractivity contribution in [3.63, 3.8) is 0 Å². The number of hydrogen-bond donors (Lipinski definition) is 2. The number of aliphatic imine (C=N–C) groups is 1. The first kappa shape index (κ1) is 19.1. The van der Waals surface area contributed by atoms with Crippen LogP contribution in [0.2, 0.25) is 0 Å². The summed E-state index contributed by atoms with van der Waals surface area (Å²) in [6, 6.07) is 5.97. The number of nitrogens with zero attached hydrogens (tertiary/aromatic N) is 2. The van der Waals surface area contributed by atoms with Gasteiger partial charge in [-0.3, -0.25) is 4.99 Å². The largest absolute Gasteiger partial charge is 0.493 e. The van der Waals surface area contributed by atoms with Crippen LogP contribution in [-0.4, -0.2) is 45.3 Å². The number of aromatic nitrogens is 1. The average molecular weight is 362 g/mol. The second-order valence-electron chi connectivity index (χ2n) is 5.47. The summed E-state index contributed by atoms with van der Waals surface area (Å²) in [5.41, 5.74) is 2.30. The molecule has 2 N–H and O–H groups in total. The van der Waals surface area contributed by atoms with Crippen LogP contribution >= 0.6 is 11.3 Å². The predicted octanol–water partition coefficient (Wildman–Crippen LogP) is 2.42. The van der Waals surface area contributed by atoms with Gasteiger partial charge in [0.25, 0.3) is 0 Å². The Morgan fingerprint density at radius 2 is 1.84 bits per heavy atom. The molecule has 1 aromatic heterocycles. The Bertz CT molecular complexity index is 700. The molecule has 0 unspecified atom stereocenters. The SMILES string of the molecule is CN=C(NCCc1ccc(OC)c(OC)c1)NCCc1csc(C)n1. The Balaban J connectivity index is 1.75. The molecule has 0 saturated carbocycles. The average Bonchev–Trinajstić information content (AvgIpc) is 3.05. The van der Waals surface area contributed by atoms with Crippen molar-refractivity contribution in [1.29, 1.82) is 0 Å². The normalized spacial score (nSPS) is 11.3. The summed E-state index contributed by atoms with van der Waals surface area (Å²) in [6.07, 6.45) is 1.76. The minimum atomic E-state index is 0.744. The van der Waals surface area contributed by atoms with E-state index in [0.717, 1.165) is 54.1 Å². The number of benzene rings is 1. The molecule has 6 nitrogen and oxygen atoms in total. The van der Waals surface area contributed by atoms with Gasteiger partial charge >= 0.3 is 0 Å². The summed E-state index contributed by atoms with van der Waals surface area (Å²) in [6.45, 7) is 3.61. The maximum absolute atomic E-state index is 5.34. The topological polar surface area (TPSA) is 67.8 Å². The third kappa shape index (κ3) is 5.94. The standard InChI is InChI=1S/C18H26N4O2S/c1-13-22-15(12-25-13)8-10-21-18(19-2)20-9-7-14-5-6-16(23-3)17(11-14)24-4/h5-6,11-12H,7-10H2,1-4H3,(H2,19,20,21). The molecule has 136 valence electrons. The first-order chi connectivity index (χ1) is 12.2. The van der Waals surface area contributed by atoms with E-state index < -0.39 is 0 Å². The van der Waals surface area contributed by atoms with E-state index in [-0.39, 0.29) is 0 Å². The number of rotatable bonds is 8. The Hall–Kier alpha value is -2.28. The van der Waals surface area contributed by atoms with Crippen molar-refractivity contribution >= 4 is 17.3 Å². The first-order valence-electron chi connectivity index (χ1n) is 8.22. The van der Waals surface area contributed by atoms with Crippen molar-refractivity contribution in [3.05, 3.63) is 39.8 Å². The molecule has 0 atom stereocenters. The van der Waals surface area contributed by atoms with Crippen LogP contribution < -0.4 is 20.1 Å². The van der Waals surface area contributed by atoms with Gasteiger partial charge in [0.1, 0.15) is 0 Å². The van der Waals surface area contributed by atoms with E-state index >= 15 is 0 Å². The molecule has 0 amide bonds. The molecular formula is C18H26N4O2S. The van der Waals surface area contributed by atoms with Gasteiger partial charge in [-0.05, 0) is 31.0 Å². The minimum Gasteiger partial charge on any atom is -0.493 e. The quantitative estimate of drug-likeness (QED) is 0.558. The van der Waals surface area contributed by atoms with Gasteiger partial charge in [-0.1, -0.05) is 6.07 Å². The minimum absolute atomic E-state index is 0.744. The van der Waals surface area contributed by atoms with Crippen molar-refractivity contribution in [3.8, 4) is 11.5 Å². The fraction of sp³-hybridized carbons (Fsp3) is 0.444. The third-order valence-corrected chi connectivity index (χ3v) is 4.54. The molecular weight excluding hydrogens is 336 g/mol. The lowest BCUT2D eigenvalue weighted by Gasteiger charge is -2.12. The summed E-state index contributed by atoms with van der Waals surface area (Å²) >= 11 is 1.68. The fourth-order valence-corrected chi connectivity index (χ4v) is 3.06. The molecule has 0 saturated heterocycles. The summed E-state index contributed by atoms with van der Waals surface area (Å²) in [5.74, 6) is 2.29. The number of guanidine groups is 1. The van der Waals surface area contributed by atoms with Crippen molar-refractivity contribution < 1.29 is 9.47 Å². The molecule has 0 spiro atoms. The van der Waals surface area contributed by atoms with Crippen LogP contribution in [0.5, 0.6) is 11.5 Å². The van der Waals surface area contributed by atoms with Gasteiger partial charge in [0.15, 0.2) is 17.5 Å². The lowest BCUT2D eigenvalue weighted by atomic mass is 10.1. The summed E-state index contributed by atoms with van der Waals surface area (Å²) < 4.78 is 10.6. The van der Waals surface area contributed by atoms with Crippen LogP contribution in [-0.2, 0) is 12.8 Å². The molecule has 7 heteroatoms. The Labute approximate surface area is 153 Å². The zero-order chi connectivity index (χ0) is 18.1. The maximum atomic E-state index is 5.34. The first-order valence-corrected chi connectivity index (χ1v) is 9.10. The predicted molar refractivity (Wildman–Crippen MR) is 103 cm³/mol. The van der Waals surface area contributed by atoms with Crippen LogP contribution in [0, 0.1) is 6.92 Å². The molecule has 0 radical (unpaired) electrons. The third-order valence-electron chi connectivity index (χ3n) is 3.72. The van der Waals surface area contributed by atoms with Crippen LogP contribution in [0.3, 0.4) is 0 Å². The Morgan fingerprint density at radius 1 is 1.12 bits per heavy atom. The Kier molecular flexibility index (Phi) is 7.53. The monoisotopic (exact) mass is 362 g/mol. The summed E-state index contributed by atoms with van der Waals surface area (Å²) in [7, 11) is 5.07. The molecule has 25 heavy (non-hydrogen) atoms. The lowest BCUT2D eigenvalue weighted by molar-refractivity contribution is 0.354. The number of methoxy groups -OCH3 is 2. The number of nitrogens with one attached hydrogen (secondary N) is 2. The molecule has 2 aromatic rings. The van der Waals surface area contributed by atoms with Gasteiger partial charge in [0.05, 0.1) is 24.9 Å². The molecule has 0 aliphatic rings. The van der Waals surface area contributed by atoms with Crippen LogP contribution in [0.15, 0.2) is 28.6 Å². The van der Waals surface area contributed by atoms with Crippen molar-refractivity contribution in [2.75, 3.05) is 34.4 Å². The van der Waals surface area contributed by atoms with Crippen LogP contribution in [0.4, 0.5) is 0 Å². The maximum Gasteiger partial charge on any atom is 0.190 e. The van der Waals surface area contributed by atoms with Crippen molar-refractivity contribution in [1.82, 2.24) is 15.6 Å². The molecule has 0 aliphatic carbocycles. The number of aryl methyl sites for hydroxylation is 1. The van der Waals surface area contributed by atoms with E-state index in [2.05, 4.69) is 26.0 Å². The highest BCUT2D eigenvalue weighted by Crippen LogP contribution is 2.27. The molecule has 2 rings (SSSR count). The van der Waals surface area contributed by atoms with Crippen molar-refractivity contribution in [2.45, 2.75) is 19.8 Å². The second kappa shape index (κ2) is 9.88. The van der Waals surface area contributed by atoms with Gasteiger partial charge in [-0.2, -0.15) is 0 Å². The number of hydrogen-bond acceptors (Lipinski definition) is 5. The van der Waals surface area contributed by atoms with Crippen molar-refractivity contribution in [2.24, 2.45) is 4.99 Å². The number of ether oxygens (including phenoxy) is 2. The van der Waals surface area contributed by atoms with Gasteiger partial charge in [0.2, 0.25) is 0 Å². The van der Waals surface area contributed by atoms with Gasteiger partial charge in [-0.15, -0.1) is 11.3 Å². The summed E-state index contributed by atoms with van der Waals surface area (Å²) in [4.78, 5) is 8.71. The highest BCUT2D eigenvalue weighted by molar-refractivity contribution is 7.09. The lowest BCUT2D eigenvalue weighted by Crippen LogP contribution is -2.39. The second-order valence-corrected chi connectivity index (χ2v) is 6.54. The number of thiazole rings is 1. The highest BCUT2D eigenvalue weighted by atomic mass is 32.1. The van der Waals surface area contributed by atoms with Crippen LogP contribution in [0.25, 0.3) is 0 Å². The zero-order valence-electron chi connectivity index (χ0n) is 15.3. The molecule has 0 aliphatic heterocycles. The molecule has 1 heterocycles. The van der Waals surface area contributed by atoms with E-state index in [1.807, 2.05) is 25.1 Å². The van der Waals surface area contributed by atoms with E-state index in [1.165, 1.54) is 5.56 Å². The van der Waals surface area contributed by atoms with E-state index in [9.17, 15) is 0 Å². The molecule has 0 fully saturated rings. The molecule has 0 bridgehead atoms. The van der Waals surface area contributed by atoms with E-state index in [1.54, 1.807) is 32.6 Å². The fourth-order valence-electron chi connectivity index (χ4n) is 2.41. The van der Waals surface area contributed by atoms with Gasteiger partial charge in [0, 0.05) is 31.9 Å². The molecule has 1 aromatic carbocycles. The smallest absolute Gasteiger partial charge is 0.190 e. The van der Waals surface area contributed by atoms with E-state index in [4.69, 9.17) is 9.47 Å². The van der Waals surface area contributed by atoms with Crippen LogP contribution in [0.1, 0.15) is 16.3 Å². The zero-order valence-corrected chi connectivity index (χ0v) is 16.1. The summed E-state index contributed by atoms with van der Waals surface area (Å²) in [5, 5.41) is 9.84. The van der Waals surface area contributed by atoms with Gasteiger partial charge in [-0.25, -0.2) is 4.98 Å². The Morgan fingerprint density at radius 3 is 2.44 bits per heavy atom. The highest BCUT2D eigenvalue weighted by Gasteiger charge is 2.05.